The highest BCUT2D eigenvalue weighted by Crippen LogP contribution is 2.35. The summed E-state index contributed by atoms with van der Waals surface area (Å²) in [6, 6.07) is 22.7. The van der Waals surface area contributed by atoms with Crippen molar-refractivity contribution in [3.8, 4) is 34.3 Å². The summed E-state index contributed by atoms with van der Waals surface area (Å²) in [5, 5.41) is 24.5. The molecule has 0 bridgehead atoms. The van der Waals surface area contributed by atoms with Gasteiger partial charge < -0.3 is 40.5 Å². The maximum atomic E-state index is 14.0. The van der Waals surface area contributed by atoms with Crippen molar-refractivity contribution < 1.29 is 33.3 Å². The normalized spacial score (nSPS) is 16.5. The summed E-state index contributed by atoms with van der Waals surface area (Å²) >= 11 is 0. The van der Waals surface area contributed by atoms with Gasteiger partial charge in [-0.05, 0) is 91.9 Å². The molecule has 0 unspecified atom stereocenters. The minimum atomic E-state index is -0.475. The number of aromatic hydroxyl groups is 2. The van der Waals surface area contributed by atoms with Crippen molar-refractivity contribution in [3.05, 3.63) is 96.6 Å². The fraction of sp³-hybridized carbons (Fsp3) is 0.310. The highest BCUT2D eigenvalue weighted by Gasteiger charge is 2.28. The molecule has 2 aromatic heterocycles. The minimum absolute atomic E-state index is 0.0791. The number of ether oxygens (including phenoxy) is 2. The molecule has 4 aromatic carbocycles. The number of carbonyl (C=O) groups is 1. The Kier molecular flexibility index (Phi) is 12.2. The van der Waals surface area contributed by atoms with Gasteiger partial charge in [-0.2, -0.15) is 0 Å². The SMILES string of the molecule is COCCOC(=O)NC[C@@H]1CCN(c2nc(-c3ccccc3O)nc3ccc(F)cc23)C1.NC[C@@H]1CCN(c2nc(-c3ccccc3O)nc3ccc(F)cc23)C1. The summed E-state index contributed by atoms with van der Waals surface area (Å²) in [4.78, 5) is 34.4. The first-order valence-electron chi connectivity index (χ1n) is 18.8. The highest BCUT2D eigenvalue weighted by molar-refractivity contribution is 5.92. The number of nitrogens with one attached hydrogen (secondary N) is 1. The van der Waals surface area contributed by atoms with Crippen LogP contribution in [0.5, 0.6) is 11.5 Å². The van der Waals surface area contributed by atoms with Crippen LogP contribution in [0.2, 0.25) is 0 Å². The van der Waals surface area contributed by atoms with Gasteiger partial charge in [0, 0.05) is 50.6 Å². The largest absolute Gasteiger partial charge is 0.507 e. The van der Waals surface area contributed by atoms with Gasteiger partial charge in [-0.3, -0.25) is 0 Å². The number of nitrogens with two attached hydrogens (primary N) is 1. The summed E-state index contributed by atoms with van der Waals surface area (Å²) in [5.41, 5.74) is 8.12. The van der Waals surface area contributed by atoms with Crippen molar-refractivity contribution in [2.45, 2.75) is 12.8 Å². The summed E-state index contributed by atoms with van der Waals surface area (Å²) in [5.74, 6) is 2.23. The quantitative estimate of drug-likeness (QED) is 0.115. The first kappa shape index (κ1) is 39.1. The van der Waals surface area contributed by atoms with Crippen LogP contribution >= 0.6 is 0 Å². The molecule has 296 valence electrons. The Morgan fingerprint density at radius 3 is 1.75 bits per heavy atom. The third-order valence-corrected chi connectivity index (χ3v) is 10.1. The molecule has 1 amide bonds. The third kappa shape index (κ3) is 9.11. The van der Waals surface area contributed by atoms with Crippen LogP contribution in [-0.2, 0) is 9.47 Å². The number of halogens is 2. The first-order valence-corrected chi connectivity index (χ1v) is 18.8. The molecule has 0 saturated carbocycles. The van der Waals surface area contributed by atoms with Crippen molar-refractivity contribution >= 4 is 39.5 Å². The molecule has 5 N–H and O–H groups in total. The molecule has 2 saturated heterocycles. The van der Waals surface area contributed by atoms with Gasteiger partial charge >= 0.3 is 6.09 Å². The van der Waals surface area contributed by atoms with E-state index in [4.69, 9.17) is 20.2 Å². The molecule has 2 fully saturated rings. The van der Waals surface area contributed by atoms with Crippen LogP contribution in [0, 0.1) is 23.5 Å². The Bertz CT molecular complexity index is 2370. The van der Waals surface area contributed by atoms with Crippen LogP contribution in [-0.4, -0.2) is 95.8 Å². The number of para-hydroxylation sites is 2. The van der Waals surface area contributed by atoms with E-state index in [1.165, 1.54) is 24.3 Å². The van der Waals surface area contributed by atoms with Gasteiger partial charge in [-0.1, -0.05) is 24.3 Å². The van der Waals surface area contributed by atoms with Crippen molar-refractivity contribution in [2.24, 2.45) is 17.6 Å². The third-order valence-electron chi connectivity index (χ3n) is 10.1. The number of hydrogen-bond donors (Lipinski definition) is 4. The molecule has 6 aromatic rings. The van der Waals surface area contributed by atoms with Gasteiger partial charge in [0.1, 0.15) is 41.4 Å². The zero-order valence-electron chi connectivity index (χ0n) is 31.4. The standard InChI is InChI=1S/C23H25FN4O4.C19H19FN4O/c1-31-10-11-32-23(30)25-13-15-8-9-28(14-15)22-18-12-16(24)6-7-19(18)26-21(27-22)17-4-2-3-5-20(17)29;20-13-5-6-16-15(9-13)19(24-8-7-12(10-21)11-24)23-18(22-16)14-3-1-2-4-17(14)25/h2-7,12,15,29H,8-11,13-14H2,1H3,(H,25,30);1-6,9,12,25H,7-8,10-11,21H2/t15-;12-/m00/s1. The lowest BCUT2D eigenvalue weighted by Crippen LogP contribution is -2.32. The Morgan fingerprint density at radius 2 is 1.26 bits per heavy atom. The Morgan fingerprint density at radius 1 is 0.754 bits per heavy atom. The number of nitrogens with zero attached hydrogens (tertiary/aromatic N) is 6. The Balaban J connectivity index is 0.000000179. The van der Waals surface area contributed by atoms with Crippen molar-refractivity contribution in [1.82, 2.24) is 25.3 Å². The smallest absolute Gasteiger partial charge is 0.407 e. The number of methoxy groups -OCH3 is 1. The molecule has 8 rings (SSSR count). The van der Waals surface area contributed by atoms with E-state index in [2.05, 4.69) is 30.1 Å². The zero-order valence-corrected chi connectivity index (χ0v) is 31.4. The number of phenols is 2. The van der Waals surface area contributed by atoms with E-state index in [1.54, 1.807) is 61.7 Å². The number of fused-ring (bicyclic) bond motifs is 2. The van der Waals surface area contributed by atoms with Gasteiger partial charge in [-0.15, -0.1) is 0 Å². The van der Waals surface area contributed by atoms with Crippen molar-refractivity contribution in [1.29, 1.82) is 0 Å². The van der Waals surface area contributed by atoms with E-state index in [0.717, 1.165) is 25.9 Å². The molecule has 0 aliphatic carbocycles. The molecule has 2 aliphatic heterocycles. The number of anilines is 2. The molecule has 0 radical (unpaired) electrons. The molecule has 15 heteroatoms. The van der Waals surface area contributed by atoms with Crippen molar-refractivity contribution in [2.75, 3.05) is 69.4 Å². The minimum Gasteiger partial charge on any atom is -0.507 e. The number of hydrogen-bond acceptors (Lipinski definition) is 12. The number of phenolic OH excluding ortho intramolecular Hbond substituents is 2. The zero-order chi connectivity index (χ0) is 39.9. The summed E-state index contributed by atoms with van der Waals surface area (Å²) in [6.07, 6.45) is 1.35. The van der Waals surface area contributed by atoms with Gasteiger partial charge in [0.05, 0.1) is 28.8 Å². The first-order chi connectivity index (χ1) is 27.7. The highest BCUT2D eigenvalue weighted by atomic mass is 19.1. The van der Waals surface area contributed by atoms with Crippen LogP contribution in [0.15, 0.2) is 84.9 Å². The number of amides is 1. The molecule has 2 atom stereocenters. The molecule has 2 aliphatic rings. The lowest BCUT2D eigenvalue weighted by Gasteiger charge is -2.20. The Hall–Kier alpha value is -6.19. The predicted octanol–water partition coefficient (Wildman–Crippen LogP) is 6.27. The summed E-state index contributed by atoms with van der Waals surface area (Å²) in [6.45, 7) is 4.60. The van der Waals surface area contributed by atoms with Gasteiger partial charge in [0.2, 0.25) is 0 Å². The molecule has 13 nitrogen and oxygen atoms in total. The topological polar surface area (TPSA) is 172 Å². The van der Waals surface area contributed by atoms with Crippen LogP contribution in [0.25, 0.3) is 44.6 Å². The van der Waals surface area contributed by atoms with E-state index >= 15 is 0 Å². The van der Waals surface area contributed by atoms with Crippen LogP contribution in [0.3, 0.4) is 0 Å². The van der Waals surface area contributed by atoms with Crippen molar-refractivity contribution in [3.63, 3.8) is 0 Å². The molecule has 0 spiro atoms. The average molecular weight is 779 g/mol. The molecule has 57 heavy (non-hydrogen) atoms. The molecular formula is C42H44F2N8O5. The predicted molar refractivity (Wildman–Crippen MR) is 214 cm³/mol. The number of rotatable bonds is 10. The van der Waals surface area contributed by atoms with E-state index in [9.17, 15) is 23.8 Å². The fourth-order valence-corrected chi connectivity index (χ4v) is 7.12. The number of carbonyl (C=O) groups excluding carboxylic acids is 1. The van der Waals surface area contributed by atoms with Gasteiger partial charge in [-0.25, -0.2) is 33.5 Å². The van der Waals surface area contributed by atoms with E-state index in [0.29, 0.717) is 94.9 Å². The second kappa shape index (κ2) is 17.7. The number of benzene rings is 4. The maximum Gasteiger partial charge on any atom is 0.407 e. The lowest BCUT2D eigenvalue weighted by atomic mass is 10.1. The van der Waals surface area contributed by atoms with Gasteiger partial charge in [0.25, 0.3) is 0 Å². The van der Waals surface area contributed by atoms with Crippen LogP contribution in [0.4, 0.5) is 25.2 Å². The van der Waals surface area contributed by atoms with Gasteiger partial charge in [0.15, 0.2) is 11.6 Å². The Labute approximate surface area is 328 Å². The summed E-state index contributed by atoms with van der Waals surface area (Å²) in [7, 11) is 1.54. The molecular weight excluding hydrogens is 735 g/mol. The maximum absolute atomic E-state index is 14.0. The van der Waals surface area contributed by atoms with E-state index in [-0.39, 0.29) is 35.7 Å². The van der Waals surface area contributed by atoms with Crippen LogP contribution < -0.4 is 20.9 Å². The van der Waals surface area contributed by atoms with E-state index in [1.807, 2.05) is 6.07 Å². The summed E-state index contributed by atoms with van der Waals surface area (Å²) < 4.78 is 37.7. The van der Waals surface area contributed by atoms with E-state index < -0.39 is 6.09 Å². The van der Waals surface area contributed by atoms with Crippen LogP contribution in [0.1, 0.15) is 12.8 Å². The average Bonchev–Trinajstić information content (AvgIpc) is 3.91. The lowest BCUT2D eigenvalue weighted by molar-refractivity contribution is 0.0979. The second-order valence-electron chi connectivity index (χ2n) is 14.0. The fourth-order valence-electron chi connectivity index (χ4n) is 7.12. The number of aromatic nitrogens is 4. The number of alkyl carbamates (subject to hydrolysis) is 1. The monoisotopic (exact) mass is 778 g/mol. The molecule has 4 heterocycles. The second-order valence-corrected chi connectivity index (χ2v) is 14.0.